The molecule has 0 rings (SSSR count). The average molecular weight is 319 g/mol. The maximum absolute atomic E-state index is 12.6. The molecule has 7 nitrogen and oxygen atoms in total. The van der Waals surface area contributed by atoms with E-state index < -0.39 is 52.8 Å². The molecule has 0 saturated heterocycles. The first-order valence-electron chi connectivity index (χ1n) is 4.98. The lowest BCUT2D eigenvalue weighted by molar-refractivity contribution is -0.151. The summed E-state index contributed by atoms with van der Waals surface area (Å²) in [5.41, 5.74) is 0. The first kappa shape index (κ1) is 18.4. The molecule has 0 aliphatic rings. The molecule has 0 aliphatic heterocycles. The maximum Gasteiger partial charge on any atom is 0.367 e. The van der Waals surface area contributed by atoms with E-state index in [1.165, 1.54) is 0 Å². The van der Waals surface area contributed by atoms with E-state index in [9.17, 15) is 35.7 Å². The van der Waals surface area contributed by atoms with Crippen molar-refractivity contribution in [3.05, 3.63) is 12.4 Å². The van der Waals surface area contributed by atoms with Gasteiger partial charge < -0.3 is 14.0 Å². The Bertz CT molecular complexity index is 486. The number of halogens is 3. The zero-order chi connectivity index (χ0) is 16.0. The molecule has 0 N–H and O–H groups in total. The van der Waals surface area contributed by atoms with Crippen LogP contribution in [0.15, 0.2) is 12.4 Å². The third-order valence-electron chi connectivity index (χ3n) is 1.75. The van der Waals surface area contributed by atoms with Gasteiger partial charge in [0.15, 0.2) is 16.7 Å². The van der Waals surface area contributed by atoms with Crippen LogP contribution in [-0.2, 0) is 29.2 Å². The Kier molecular flexibility index (Phi) is 6.65. The number of alkyl halides is 2. The van der Waals surface area contributed by atoms with Gasteiger partial charge in [0.05, 0.1) is 6.61 Å². The lowest BCUT2D eigenvalue weighted by Gasteiger charge is -2.19. The molecule has 0 aromatic carbocycles. The number of carbonyl (C=O) groups excluding carboxylic acids is 2. The van der Waals surface area contributed by atoms with E-state index in [-0.39, 0.29) is 6.42 Å². The van der Waals surface area contributed by atoms with Crippen LogP contribution in [0.2, 0.25) is 0 Å². The molecule has 0 bridgehead atoms. The second-order valence-electron chi connectivity index (χ2n) is 3.40. The standard InChI is InChI=1S/C9H11F3O7S/c1-6(10)8(14)18-4-2-3-7(13)19-5-9(11,12)20(15,16)17/h1-5H2,(H,15,16,17)/p-1. The molecular formula is C9H10F3O7S-. The minimum atomic E-state index is -5.93. The number of hydrogen-bond donors (Lipinski definition) is 0. The normalized spacial score (nSPS) is 11.8. The van der Waals surface area contributed by atoms with Gasteiger partial charge >= 0.3 is 17.2 Å². The molecule has 0 aromatic heterocycles. The summed E-state index contributed by atoms with van der Waals surface area (Å²) in [6.07, 6.45) is -0.672. The van der Waals surface area contributed by atoms with Crippen LogP contribution in [-0.4, -0.2) is 43.4 Å². The zero-order valence-corrected chi connectivity index (χ0v) is 10.8. The molecular weight excluding hydrogens is 309 g/mol. The molecule has 0 unspecified atom stereocenters. The van der Waals surface area contributed by atoms with Crippen LogP contribution in [0.4, 0.5) is 13.2 Å². The van der Waals surface area contributed by atoms with E-state index in [4.69, 9.17) is 0 Å². The molecule has 0 heterocycles. The molecule has 0 aliphatic carbocycles. The van der Waals surface area contributed by atoms with Crippen molar-refractivity contribution in [2.24, 2.45) is 0 Å². The SMILES string of the molecule is C=C(F)C(=O)OCCCC(=O)OCC(F)(F)S(=O)(=O)[O-]. The summed E-state index contributed by atoms with van der Waals surface area (Å²) in [5, 5.41) is -4.72. The summed E-state index contributed by atoms with van der Waals surface area (Å²) in [6, 6.07) is 0. The summed E-state index contributed by atoms with van der Waals surface area (Å²) in [4.78, 5) is 21.5. The maximum atomic E-state index is 12.6. The predicted molar refractivity (Wildman–Crippen MR) is 56.0 cm³/mol. The summed E-state index contributed by atoms with van der Waals surface area (Å²) < 4.78 is 75.6. The van der Waals surface area contributed by atoms with Gasteiger partial charge in [-0.25, -0.2) is 13.2 Å². The Morgan fingerprint density at radius 1 is 1.25 bits per heavy atom. The van der Waals surface area contributed by atoms with E-state index in [2.05, 4.69) is 16.1 Å². The predicted octanol–water partition coefficient (Wildman–Crippen LogP) is 0.474. The van der Waals surface area contributed by atoms with Crippen molar-refractivity contribution in [2.45, 2.75) is 18.1 Å². The fourth-order valence-corrected chi connectivity index (χ4v) is 0.972. The highest BCUT2D eigenvalue weighted by molar-refractivity contribution is 7.86. The van der Waals surface area contributed by atoms with Crippen molar-refractivity contribution in [2.75, 3.05) is 13.2 Å². The monoisotopic (exact) mass is 319 g/mol. The fraction of sp³-hybridized carbons (Fsp3) is 0.556. The van der Waals surface area contributed by atoms with E-state index >= 15 is 0 Å². The molecule has 0 spiro atoms. The Morgan fingerprint density at radius 2 is 1.80 bits per heavy atom. The molecule has 0 amide bonds. The minimum Gasteiger partial charge on any atom is -0.743 e. The van der Waals surface area contributed by atoms with Crippen molar-refractivity contribution in [3.63, 3.8) is 0 Å². The Hall–Kier alpha value is -1.62. The number of carbonyl (C=O) groups is 2. The van der Waals surface area contributed by atoms with Crippen molar-refractivity contribution in [1.29, 1.82) is 0 Å². The number of hydrogen-bond acceptors (Lipinski definition) is 7. The van der Waals surface area contributed by atoms with E-state index in [1.807, 2.05) is 0 Å². The van der Waals surface area contributed by atoms with Crippen molar-refractivity contribution in [1.82, 2.24) is 0 Å². The van der Waals surface area contributed by atoms with Gasteiger partial charge in [-0.05, 0) is 6.42 Å². The van der Waals surface area contributed by atoms with Crippen LogP contribution in [0.25, 0.3) is 0 Å². The third-order valence-corrected chi connectivity index (χ3v) is 2.60. The molecule has 116 valence electrons. The van der Waals surface area contributed by atoms with Gasteiger partial charge in [-0.1, -0.05) is 6.58 Å². The quantitative estimate of drug-likeness (QED) is 0.277. The van der Waals surface area contributed by atoms with Crippen LogP contribution in [0.3, 0.4) is 0 Å². The first-order chi connectivity index (χ1) is 8.97. The lowest BCUT2D eigenvalue weighted by atomic mass is 10.3. The molecule has 0 aromatic rings. The summed E-state index contributed by atoms with van der Waals surface area (Å²) in [6.45, 7) is 0.346. The van der Waals surface area contributed by atoms with Crippen LogP contribution >= 0.6 is 0 Å². The van der Waals surface area contributed by atoms with Gasteiger partial charge in [-0.2, -0.15) is 13.2 Å². The molecule has 20 heavy (non-hydrogen) atoms. The molecule has 0 atom stereocenters. The lowest BCUT2D eigenvalue weighted by Crippen LogP contribution is -2.34. The van der Waals surface area contributed by atoms with Gasteiger partial charge in [0, 0.05) is 6.42 Å². The topological polar surface area (TPSA) is 110 Å². The summed E-state index contributed by atoms with van der Waals surface area (Å²) >= 11 is 0. The second kappa shape index (κ2) is 7.24. The van der Waals surface area contributed by atoms with Crippen molar-refractivity contribution in [3.8, 4) is 0 Å². The van der Waals surface area contributed by atoms with Gasteiger partial charge in [0.25, 0.3) is 0 Å². The van der Waals surface area contributed by atoms with Crippen LogP contribution < -0.4 is 0 Å². The fourth-order valence-electron chi connectivity index (χ4n) is 0.769. The van der Waals surface area contributed by atoms with Gasteiger partial charge in [-0.15, -0.1) is 0 Å². The highest BCUT2D eigenvalue weighted by atomic mass is 32.2. The first-order valence-corrected chi connectivity index (χ1v) is 6.38. The number of rotatable bonds is 8. The molecule has 11 heteroatoms. The zero-order valence-electron chi connectivity index (χ0n) is 9.94. The minimum absolute atomic E-state index is 0.173. The van der Waals surface area contributed by atoms with Crippen LogP contribution in [0.1, 0.15) is 12.8 Å². The summed E-state index contributed by atoms with van der Waals surface area (Å²) in [7, 11) is -5.93. The molecule has 0 saturated carbocycles. The number of esters is 2. The van der Waals surface area contributed by atoms with E-state index in [0.717, 1.165) is 0 Å². The van der Waals surface area contributed by atoms with Crippen LogP contribution in [0.5, 0.6) is 0 Å². The van der Waals surface area contributed by atoms with Gasteiger partial charge in [-0.3, -0.25) is 4.79 Å². The van der Waals surface area contributed by atoms with E-state index in [0.29, 0.717) is 0 Å². The average Bonchev–Trinajstić information content (AvgIpc) is 2.30. The number of ether oxygens (including phenoxy) is 2. The largest absolute Gasteiger partial charge is 0.743 e. The highest BCUT2D eigenvalue weighted by Crippen LogP contribution is 2.20. The molecule has 0 fully saturated rings. The molecule has 0 radical (unpaired) electrons. The smallest absolute Gasteiger partial charge is 0.367 e. The van der Waals surface area contributed by atoms with Gasteiger partial charge in [0.1, 0.15) is 0 Å². The Balaban J connectivity index is 3.97. The highest BCUT2D eigenvalue weighted by Gasteiger charge is 2.39. The van der Waals surface area contributed by atoms with E-state index in [1.54, 1.807) is 0 Å². The Labute approximate surface area is 112 Å². The van der Waals surface area contributed by atoms with Crippen molar-refractivity contribution < 1.29 is 45.2 Å². The third kappa shape index (κ3) is 6.52. The summed E-state index contributed by atoms with van der Waals surface area (Å²) in [5.74, 6) is -3.90. The van der Waals surface area contributed by atoms with Gasteiger partial charge in [0.2, 0.25) is 5.83 Å². The Morgan fingerprint density at radius 3 is 2.25 bits per heavy atom. The van der Waals surface area contributed by atoms with Crippen LogP contribution in [0, 0.1) is 0 Å². The van der Waals surface area contributed by atoms with Crippen molar-refractivity contribution >= 4 is 22.1 Å². The second-order valence-corrected chi connectivity index (χ2v) is 4.90.